The van der Waals surface area contributed by atoms with Gasteiger partial charge in [0.15, 0.2) is 0 Å². The molecule has 1 heteroatoms. The van der Waals surface area contributed by atoms with Gasteiger partial charge in [-0.25, -0.2) is 0 Å². The van der Waals surface area contributed by atoms with Gasteiger partial charge in [0.05, 0.1) is 0 Å². The summed E-state index contributed by atoms with van der Waals surface area (Å²) in [7, 11) is 0. The van der Waals surface area contributed by atoms with Crippen LogP contribution in [-0.4, -0.2) is 6.29 Å². The van der Waals surface area contributed by atoms with Gasteiger partial charge in [-0.3, -0.25) is 6.29 Å². The van der Waals surface area contributed by atoms with Crippen molar-refractivity contribution in [2.45, 2.75) is 6.42 Å². The van der Waals surface area contributed by atoms with E-state index in [1.807, 2.05) is 42.7 Å². The van der Waals surface area contributed by atoms with Crippen LogP contribution in [0.4, 0.5) is 0 Å². The molecule has 2 aromatic carbocycles. The molecule has 0 amide bonds. The second-order valence-corrected chi connectivity index (χ2v) is 3.00. The number of carbonyl (C=O) groups excluding carboxylic acids is 1. The lowest BCUT2D eigenvalue weighted by molar-refractivity contribution is 0.555. The molecule has 0 fully saturated rings. The summed E-state index contributed by atoms with van der Waals surface area (Å²) in [4.78, 5) is 10.2. The SMILES string of the molecule is O=[C-]Cc1ccc2ccccc2c1. The predicted octanol–water partition coefficient (Wildman–Crippen LogP) is 2.49. The molecule has 0 saturated heterocycles. The topological polar surface area (TPSA) is 17.1 Å². The van der Waals surface area contributed by atoms with Gasteiger partial charge in [-0.15, -0.1) is 6.42 Å². The van der Waals surface area contributed by atoms with E-state index in [0.717, 1.165) is 5.56 Å². The molecule has 0 unspecified atom stereocenters. The van der Waals surface area contributed by atoms with Gasteiger partial charge in [0.2, 0.25) is 0 Å². The summed E-state index contributed by atoms with van der Waals surface area (Å²) in [6.07, 6.45) is 2.28. The quantitative estimate of drug-likeness (QED) is 0.631. The Balaban J connectivity index is 2.55. The van der Waals surface area contributed by atoms with E-state index in [9.17, 15) is 4.79 Å². The third-order valence-electron chi connectivity index (χ3n) is 2.09. The van der Waals surface area contributed by atoms with Crippen LogP contribution in [0.15, 0.2) is 42.5 Å². The number of rotatable bonds is 2. The summed E-state index contributed by atoms with van der Waals surface area (Å²) in [6, 6.07) is 14.1. The van der Waals surface area contributed by atoms with Crippen LogP contribution in [0.25, 0.3) is 10.8 Å². The monoisotopic (exact) mass is 169 g/mol. The largest absolute Gasteiger partial charge is 0.541 e. The smallest absolute Gasteiger partial charge is 0.0182 e. The van der Waals surface area contributed by atoms with Crippen LogP contribution in [0.2, 0.25) is 0 Å². The molecule has 1 nitrogen and oxygen atoms in total. The van der Waals surface area contributed by atoms with Crippen molar-refractivity contribution < 1.29 is 4.79 Å². The van der Waals surface area contributed by atoms with Crippen LogP contribution < -0.4 is 0 Å². The van der Waals surface area contributed by atoms with Gasteiger partial charge in [-0.05, 0) is 10.8 Å². The first-order valence-electron chi connectivity index (χ1n) is 4.23. The molecule has 0 atom stereocenters. The molecule has 0 saturated carbocycles. The standard InChI is InChI=1S/C12H9O/c13-8-7-10-5-6-11-3-1-2-4-12(11)9-10/h1-6,9H,7H2/q-1. The Morgan fingerprint density at radius 3 is 2.54 bits per heavy atom. The van der Waals surface area contributed by atoms with E-state index in [0.29, 0.717) is 6.42 Å². The number of hydrogen-bond donors (Lipinski definition) is 0. The minimum atomic E-state index is 0.380. The summed E-state index contributed by atoms with van der Waals surface area (Å²) in [5.74, 6) is 0. The van der Waals surface area contributed by atoms with Gasteiger partial charge in [0, 0.05) is 0 Å². The normalized spacial score (nSPS) is 10.2. The summed E-state index contributed by atoms with van der Waals surface area (Å²) in [5, 5.41) is 2.38. The molecule has 64 valence electrons. The first-order chi connectivity index (χ1) is 6.40. The highest BCUT2D eigenvalue weighted by atomic mass is 16.1. The molecule has 2 aromatic rings. The average molecular weight is 169 g/mol. The maximum absolute atomic E-state index is 10.2. The highest BCUT2D eigenvalue weighted by Gasteiger charge is 1.91. The van der Waals surface area contributed by atoms with Crippen LogP contribution >= 0.6 is 0 Å². The Morgan fingerprint density at radius 1 is 1.00 bits per heavy atom. The second kappa shape index (κ2) is 3.40. The van der Waals surface area contributed by atoms with Crippen molar-refractivity contribution in [3.8, 4) is 0 Å². The molecule has 2 rings (SSSR count). The minimum absolute atomic E-state index is 0.380. The molecular weight excluding hydrogens is 160 g/mol. The fraction of sp³-hybridized carbons (Fsp3) is 0.0833. The van der Waals surface area contributed by atoms with Crippen molar-refractivity contribution in [3.05, 3.63) is 48.0 Å². The Labute approximate surface area is 77.0 Å². The lowest BCUT2D eigenvalue weighted by Gasteiger charge is -2.03. The first kappa shape index (κ1) is 7.99. The molecular formula is C12H9O-. The predicted molar refractivity (Wildman–Crippen MR) is 53.3 cm³/mol. The van der Waals surface area contributed by atoms with E-state index in [1.54, 1.807) is 0 Å². The number of hydrogen-bond acceptors (Lipinski definition) is 1. The van der Waals surface area contributed by atoms with Crippen molar-refractivity contribution in [1.29, 1.82) is 0 Å². The van der Waals surface area contributed by atoms with E-state index in [-0.39, 0.29) is 0 Å². The summed E-state index contributed by atoms with van der Waals surface area (Å²) < 4.78 is 0. The highest BCUT2D eigenvalue weighted by molar-refractivity contribution is 5.83. The van der Waals surface area contributed by atoms with E-state index in [1.165, 1.54) is 10.8 Å². The highest BCUT2D eigenvalue weighted by Crippen LogP contribution is 2.15. The second-order valence-electron chi connectivity index (χ2n) is 3.00. The summed E-state index contributed by atoms with van der Waals surface area (Å²) in [5.41, 5.74) is 1.02. The summed E-state index contributed by atoms with van der Waals surface area (Å²) >= 11 is 0. The molecule has 0 heterocycles. The Kier molecular flexibility index (Phi) is 2.09. The lowest BCUT2D eigenvalue weighted by atomic mass is 10.1. The van der Waals surface area contributed by atoms with Crippen molar-refractivity contribution in [2.24, 2.45) is 0 Å². The van der Waals surface area contributed by atoms with Gasteiger partial charge >= 0.3 is 0 Å². The number of benzene rings is 2. The van der Waals surface area contributed by atoms with Crippen LogP contribution in [0, 0.1) is 0 Å². The third-order valence-corrected chi connectivity index (χ3v) is 2.09. The molecule has 0 N–H and O–H groups in total. The van der Waals surface area contributed by atoms with Gasteiger partial charge < -0.3 is 4.79 Å². The van der Waals surface area contributed by atoms with Gasteiger partial charge in [0.1, 0.15) is 0 Å². The fourth-order valence-electron chi connectivity index (χ4n) is 1.43. The van der Waals surface area contributed by atoms with Gasteiger partial charge in [-0.2, -0.15) is 0 Å². The van der Waals surface area contributed by atoms with Gasteiger partial charge in [0.25, 0.3) is 0 Å². The minimum Gasteiger partial charge on any atom is -0.541 e. The maximum atomic E-state index is 10.2. The zero-order valence-corrected chi connectivity index (χ0v) is 7.16. The average Bonchev–Trinajstić information content (AvgIpc) is 2.18. The number of fused-ring (bicyclic) bond motifs is 1. The molecule has 0 spiro atoms. The molecule has 0 radical (unpaired) electrons. The first-order valence-corrected chi connectivity index (χ1v) is 4.23. The Bertz CT molecular complexity index is 432. The van der Waals surface area contributed by atoms with Crippen LogP contribution in [0.5, 0.6) is 0 Å². The van der Waals surface area contributed by atoms with Crippen molar-refractivity contribution >= 4 is 17.1 Å². The van der Waals surface area contributed by atoms with Crippen LogP contribution in [0.1, 0.15) is 5.56 Å². The van der Waals surface area contributed by atoms with E-state index >= 15 is 0 Å². The molecule has 0 aromatic heterocycles. The van der Waals surface area contributed by atoms with Crippen molar-refractivity contribution in [3.63, 3.8) is 0 Å². The van der Waals surface area contributed by atoms with Gasteiger partial charge in [-0.1, -0.05) is 48.0 Å². The van der Waals surface area contributed by atoms with Crippen molar-refractivity contribution in [1.82, 2.24) is 0 Å². The fourth-order valence-corrected chi connectivity index (χ4v) is 1.43. The molecule has 0 aliphatic carbocycles. The Morgan fingerprint density at radius 2 is 1.77 bits per heavy atom. The van der Waals surface area contributed by atoms with E-state index in [4.69, 9.17) is 0 Å². The van der Waals surface area contributed by atoms with E-state index in [2.05, 4.69) is 6.07 Å². The molecule has 0 bridgehead atoms. The van der Waals surface area contributed by atoms with E-state index < -0.39 is 0 Å². The Hall–Kier alpha value is -1.63. The zero-order chi connectivity index (χ0) is 9.10. The van der Waals surface area contributed by atoms with Crippen LogP contribution in [0.3, 0.4) is 0 Å². The molecule has 0 aliphatic rings. The lowest BCUT2D eigenvalue weighted by Crippen LogP contribution is -1.84. The van der Waals surface area contributed by atoms with Crippen LogP contribution in [-0.2, 0) is 11.2 Å². The maximum Gasteiger partial charge on any atom is -0.0182 e. The molecule has 0 aliphatic heterocycles. The zero-order valence-electron chi connectivity index (χ0n) is 7.16. The summed E-state index contributed by atoms with van der Waals surface area (Å²) in [6.45, 7) is 0. The molecule has 13 heavy (non-hydrogen) atoms. The van der Waals surface area contributed by atoms with Crippen molar-refractivity contribution in [2.75, 3.05) is 0 Å². The third kappa shape index (κ3) is 1.59.